The van der Waals surface area contributed by atoms with E-state index < -0.39 is 0 Å². The Morgan fingerprint density at radius 1 is 0.680 bits per heavy atom. The highest BCUT2D eigenvalue weighted by Gasteiger charge is 2.22. The summed E-state index contributed by atoms with van der Waals surface area (Å²) in [4.78, 5) is 0. The summed E-state index contributed by atoms with van der Waals surface area (Å²) < 4.78 is 0. The highest BCUT2D eigenvalue weighted by molar-refractivity contribution is 5.28. The van der Waals surface area contributed by atoms with Crippen LogP contribution in [0.15, 0.2) is 48.5 Å². The minimum atomic E-state index is 0.631. The molecule has 134 valence electrons. The Labute approximate surface area is 154 Å². The van der Waals surface area contributed by atoms with E-state index in [0.717, 1.165) is 11.8 Å². The molecule has 0 heteroatoms. The maximum atomic E-state index is 2.38. The summed E-state index contributed by atoms with van der Waals surface area (Å²) in [5.41, 5.74) is 6.00. The van der Waals surface area contributed by atoms with Gasteiger partial charge in [0.15, 0.2) is 0 Å². The van der Waals surface area contributed by atoms with Gasteiger partial charge in [-0.2, -0.15) is 0 Å². The first-order valence-corrected chi connectivity index (χ1v) is 10.2. The van der Waals surface area contributed by atoms with Crippen LogP contribution in [0.4, 0.5) is 0 Å². The maximum Gasteiger partial charge on any atom is -0.0162 e. The molecule has 0 aliphatic heterocycles. The van der Waals surface area contributed by atoms with Crippen molar-refractivity contribution < 1.29 is 0 Å². The molecular weight excluding hydrogens is 300 g/mol. The topological polar surface area (TPSA) is 0 Å². The summed E-state index contributed by atoms with van der Waals surface area (Å²) in [5.74, 6) is 2.91. The zero-order chi connectivity index (χ0) is 17.8. The second-order valence-electron chi connectivity index (χ2n) is 8.64. The minimum absolute atomic E-state index is 0.631. The second-order valence-corrected chi connectivity index (χ2v) is 8.64. The Balaban J connectivity index is 1.53. The van der Waals surface area contributed by atoms with E-state index in [9.17, 15) is 0 Å². The summed E-state index contributed by atoms with van der Waals surface area (Å²) in [6, 6.07) is 18.8. The smallest absolute Gasteiger partial charge is 0.0162 e. The highest BCUT2D eigenvalue weighted by atomic mass is 14.3. The van der Waals surface area contributed by atoms with Crippen molar-refractivity contribution in [1.29, 1.82) is 0 Å². The molecule has 2 aromatic rings. The predicted molar refractivity (Wildman–Crippen MR) is 109 cm³/mol. The van der Waals surface area contributed by atoms with E-state index in [4.69, 9.17) is 0 Å². The van der Waals surface area contributed by atoms with Crippen LogP contribution in [0.3, 0.4) is 0 Å². The van der Waals surface area contributed by atoms with Crippen molar-refractivity contribution in [3.05, 3.63) is 70.8 Å². The van der Waals surface area contributed by atoms with Crippen molar-refractivity contribution in [2.45, 2.75) is 77.6 Å². The molecule has 0 saturated heterocycles. The summed E-state index contributed by atoms with van der Waals surface area (Å²) >= 11 is 0. The van der Waals surface area contributed by atoms with Crippen molar-refractivity contribution >= 4 is 0 Å². The van der Waals surface area contributed by atoms with Gasteiger partial charge < -0.3 is 0 Å². The van der Waals surface area contributed by atoms with Crippen molar-refractivity contribution in [2.75, 3.05) is 0 Å². The number of hydrogen-bond donors (Lipinski definition) is 0. The molecule has 0 aromatic heterocycles. The Morgan fingerprint density at radius 2 is 1.16 bits per heavy atom. The van der Waals surface area contributed by atoms with Gasteiger partial charge in [-0.25, -0.2) is 0 Å². The molecule has 2 aromatic carbocycles. The molecule has 0 bridgehead atoms. The molecule has 0 radical (unpaired) electrons. The number of hydrogen-bond acceptors (Lipinski definition) is 0. The van der Waals surface area contributed by atoms with Crippen LogP contribution in [0, 0.1) is 5.92 Å². The first kappa shape index (κ1) is 18.2. The van der Waals surface area contributed by atoms with Gasteiger partial charge in [-0.15, -0.1) is 0 Å². The van der Waals surface area contributed by atoms with Crippen LogP contribution in [0.2, 0.25) is 0 Å². The largest absolute Gasteiger partial charge is 0.0588 e. The molecule has 0 N–H and O–H groups in total. The molecular formula is C25H34. The molecule has 25 heavy (non-hydrogen) atoms. The molecule has 3 rings (SSSR count). The maximum absolute atomic E-state index is 2.38. The highest BCUT2D eigenvalue weighted by Crippen LogP contribution is 2.37. The van der Waals surface area contributed by atoms with Gasteiger partial charge in [-0.05, 0) is 78.0 Å². The molecule has 1 fully saturated rings. The van der Waals surface area contributed by atoms with Crippen molar-refractivity contribution in [3.63, 3.8) is 0 Å². The fourth-order valence-corrected chi connectivity index (χ4v) is 4.22. The van der Waals surface area contributed by atoms with Gasteiger partial charge in [0.05, 0.1) is 0 Å². The molecule has 1 aliphatic carbocycles. The summed E-state index contributed by atoms with van der Waals surface area (Å²) in [7, 11) is 0. The molecule has 0 atom stereocenters. The van der Waals surface area contributed by atoms with Gasteiger partial charge in [0.25, 0.3) is 0 Å². The third-order valence-corrected chi connectivity index (χ3v) is 6.09. The van der Waals surface area contributed by atoms with Crippen LogP contribution in [0.1, 0.15) is 93.4 Å². The van der Waals surface area contributed by atoms with E-state index >= 15 is 0 Å². The molecule has 0 heterocycles. The van der Waals surface area contributed by atoms with Crippen molar-refractivity contribution in [1.82, 2.24) is 0 Å². The van der Waals surface area contributed by atoms with Gasteiger partial charge in [-0.3, -0.25) is 0 Å². The minimum Gasteiger partial charge on any atom is -0.0588 e. The molecule has 0 nitrogen and oxygen atoms in total. The second kappa shape index (κ2) is 8.21. The zero-order valence-electron chi connectivity index (χ0n) is 16.5. The third kappa shape index (κ3) is 4.75. The molecule has 0 amide bonds. The van der Waals surface area contributed by atoms with Gasteiger partial charge in [0.2, 0.25) is 0 Å². The fourth-order valence-electron chi connectivity index (χ4n) is 4.22. The standard InChI is InChI=1S/C25H34/c1-18(2)22-9-5-20(6-10-22)17-21-7-11-24(12-8-21)25-15-13-23(14-16-25)19(3)4/h5-6,9-10,13-16,18-19,21,24H,7-8,11-12,17H2,1-4H3. The van der Waals surface area contributed by atoms with E-state index in [1.807, 2.05) is 0 Å². The van der Waals surface area contributed by atoms with Crippen LogP contribution in [0.25, 0.3) is 0 Å². The van der Waals surface area contributed by atoms with E-state index in [-0.39, 0.29) is 0 Å². The van der Waals surface area contributed by atoms with Crippen molar-refractivity contribution in [3.8, 4) is 0 Å². The average molecular weight is 335 g/mol. The normalized spacial score (nSPS) is 21.0. The lowest BCUT2D eigenvalue weighted by atomic mass is 9.76. The number of benzene rings is 2. The lowest BCUT2D eigenvalue weighted by Crippen LogP contribution is -2.15. The predicted octanol–water partition coefficient (Wildman–Crippen LogP) is 7.45. The van der Waals surface area contributed by atoms with E-state index in [1.165, 1.54) is 48.8 Å². The number of rotatable bonds is 5. The van der Waals surface area contributed by atoms with Gasteiger partial charge >= 0.3 is 0 Å². The molecule has 1 aliphatic rings. The third-order valence-electron chi connectivity index (χ3n) is 6.09. The summed E-state index contributed by atoms with van der Waals surface area (Å²) in [6.07, 6.45) is 6.73. The first-order valence-electron chi connectivity index (χ1n) is 10.2. The summed E-state index contributed by atoms with van der Waals surface area (Å²) in [6.45, 7) is 9.08. The van der Waals surface area contributed by atoms with Crippen molar-refractivity contribution in [2.24, 2.45) is 5.92 Å². The Kier molecular flexibility index (Phi) is 5.99. The first-order chi connectivity index (χ1) is 12.0. The quantitative estimate of drug-likeness (QED) is 0.532. The van der Waals surface area contributed by atoms with E-state index in [0.29, 0.717) is 11.8 Å². The van der Waals surface area contributed by atoms with E-state index in [1.54, 1.807) is 5.56 Å². The van der Waals surface area contributed by atoms with Gasteiger partial charge in [0.1, 0.15) is 0 Å². The Bertz CT molecular complexity index is 637. The molecule has 0 spiro atoms. The average Bonchev–Trinajstić information content (AvgIpc) is 2.63. The van der Waals surface area contributed by atoms with Gasteiger partial charge in [0, 0.05) is 0 Å². The summed E-state index contributed by atoms with van der Waals surface area (Å²) in [5, 5.41) is 0. The zero-order valence-corrected chi connectivity index (χ0v) is 16.5. The van der Waals surface area contributed by atoms with Gasteiger partial charge in [-0.1, -0.05) is 76.2 Å². The van der Waals surface area contributed by atoms with E-state index in [2.05, 4.69) is 76.2 Å². The lowest BCUT2D eigenvalue weighted by Gasteiger charge is -2.29. The SMILES string of the molecule is CC(C)c1ccc(CC2CCC(c3ccc(C(C)C)cc3)CC2)cc1. The fraction of sp³-hybridized carbons (Fsp3) is 0.520. The van der Waals surface area contributed by atoms with Crippen LogP contribution >= 0.6 is 0 Å². The molecule has 1 saturated carbocycles. The molecule has 0 unspecified atom stereocenters. The van der Waals surface area contributed by atoms with Crippen LogP contribution < -0.4 is 0 Å². The Hall–Kier alpha value is -1.56. The lowest BCUT2D eigenvalue weighted by molar-refractivity contribution is 0.324. The van der Waals surface area contributed by atoms with Crippen LogP contribution in [-0.2, 0) is 6.42 Å². The van der Waals surface area contributed by atoms with Crippen LogP contribution in [-0.4, -0.2) is 0 Å². The Morgan fingerprint density at radius 3 is 1.64 bits per heavy atom. The van der Waals surface area contributed by atoms with Crippen LogP contribution in [0.5, 0.6) is 0 Å². The monoisotopic (exact) mass is 334 g/mol.